The molecule has 0 aliphatic rings. The lowest BCUT2D eigenvalue weighted by molar-refractivity contribution is -2.00. The van der Waals surface area contributed by atoms with Gasteiger partial charge in [0.05, 0.1) is 0 Å². The van der Waals surface area contributed by atoms with E-state index >= 15 is 0 Å². The molecule has 0 atom stereocenters. The monoisotopic (exact) mass is 917 g/mol. The first kappa shape index (κ1) is 44.0. The van der Waals surface area contributed by atoms with E-state index in [9.17, 15) is 0 Å². The molecule has 0 N–H and O–H groups in total. The SMILES string of the molecule is Clc1ccc(SC(=NC(=C(Sc2ccc(Cl)cc2)Sc2ccc(Cl)cc2)[P+](c2ccccc2)(c2ccccc2)c2ccccc2)c2ccccc2)cc1.[O-][Cl+3]([O-])([O-])[O-]. The zero-order chi connectivity index (χ0) is 41.0. The van der Waals surface area contributed by atoms with Crippen molar-refractivity contribution in [2.24, 2.45) is 4.99 Å². The average Bonchev–Trinajstić information content (AvgIpc) is 3.23. The molecule has 0 aliphatic heterocycles. The number of benzene rings is 7. The quantitative estimate of drug-likeness (QED) is 0.0552. The Bertz CT molecular complexity index is 2270. The lowest BCUT2D eigenvalue weighted by Gasteiger charge is -2.29. The number of aliphatic imine (C=N–C) groups is 1. The summed E-state index contributed by atoms with van der Waals surface area (Å²) >= 11 is 24.3. The van der Waals surface area contributed by atoms with Crippen LogP contribution in [0.15, 0.2) is 223 Å². The van der Waals surface area contributed by atoms with Crippen LogP contribution in [0, 0.1) is 10.2 Å². The van der Waals surface area contributed by atoms with E-state index < -0.39 is 17.5 Å². The Labute approximate surface area is 368 Å². The van der Waals surface area contributed by atoms with Crippen molar-refractivity contribution in [1.29, 1.82) is 0 Å². The molecule has 292 valence electrons. The van der Waals surface area contributed by atoms with E-state index in [0.29, 0.717) is 15.1 Å². The first-order valence-corrected chi connectivity index (χ1v) is 24.0. The summed E-state index contributed by atoms with van der Waals surface area (Å²) in [7, 11) is -7.68. The largest absolute Gasteiger partial charge is 0.222 e. The maximum Gasteiger partial charge on any atom is 0.220 e. The fourth-order valence-corrected chi connectivity index (χ4v) is 14.2. The van der Waals surface area contributed by atoms with Gasteiger partial charge in [-0.1, -0.05) is 155 Å². The van der Waals surface area contributed by atoms with E-state index in [0.717, 1.165) is 35.0 Å². The number of hydrogen-bond donors (Lipinski definition) is 0. The van der Waals surface area contributed by atoms with Gasteiger partial charge in [0, 0.05) is 35.3 Å². The molecule has 0 bridgehead atoms. The predicted molar refractivity (Wildman–Crippen MR) is 237 cm³/mol. The molecule has 0 spiro atoms. The minimum atomic E-state index is -4.94. The first-order chi connectivity index (χ1) is 28.0. The van der Waals surface area contributed by atoms with Crippen molar-refractivity contribution < 1.29 is 28.9 Å². The second-order valence-corrected chi connectivity index (χ2v) is 21.0. The Morgan fingerprint density at radius 2 is 0.707 bits per heavy atom. The lowest BCUT2D eigenvalue weighted by atomic mass is 10.2. The Morgan fingerprint density at radius 3 is 1.03 bits per heavy atom. The van der Waals surface area contributed by atoms with Crippen molar-refractivity contribution in [1.82, 2.24) is 0 Å². The van der Waals surface area contributed by atoms with Crippen molar-refractivity contribution >= 4 is 98.3 Å². The second-order valence-electron chi connectivity index (χ2n) is 12.1. The number of hydrogen-bond acceptors (Lipinski definition) is 8. The van der Waals surface area contributed by atoms with Crippen LogP contribution in [0.3, 0.4) is 0 Å². The highest BCUT2D eigenvalue weighted by atomic mass is 35.7. The highest BCUT2D eigenvalue weighted by molar-refractivity contribution is 8.23. The zero-order valence-corrected chi connectivity index (χ0v) is 36.6. The van der Waals surface area contributed by atoms with E-state index in [1.807, 2.05) is 42.5 Å². The lowest BCUT2D eigenvalue weighted by Crippen LogP contribution is -2.68. The van der Waals surface area contributed by atoms with E-state index in [-0.39, 0.29) is 0 Å². The summed E-state index contributed by atoms with van der Waals surface area (Å²) in [4.78, 5) is 9.12. The Hall–Kier alpha value is -3.57. The first-order valence-electron chi connectivity index (χ1n) is 17.4. The van der Waals surface area contributed by atoms with Gasteiger partial charge >= 0.3 is 0 Å². The zero-order valence-electron chi connectivity index (χ0n) is 30.2. The summed E-state index contributed by atoms with van der Waals surface area (Å²) in [5, 5.41) is 6.54. The third-order valence-corrected chi connectivity index (χ3v) is 16.8. The third kappa shape index (κ3) is 12.2. The van der Waals surface area contributed by atoms with Gasteiger partial charge in [-0.2, -0.15) is 0 Å². The molecule has 0 amide bonds. The van der Waals surface area contributed by atoms with E-state index in [2.05, 4.69) is 152 Å². The molecular weight excluding hydrogens is 887 g/mol. The summed E-state index contributed by atoms with van der Waals surface area (Å²) in [6.07, 6.45) is 0. The summed E-state index contributed by atoms with van der Waals surface area (Å²) in [5.41, 5.74) is 2.01. The molecule has 0 aliphatic carbocycles. The molecule has 0 fully saturated rings. The summed E-state index contributed by atoms with van der Waals surface area (Å²) < 4.78 is 35.0. The van der Waals surface area contributed by atoms with E-state index in [1.165, 1.54) is 15.9 Å². The summed E-state index contributed by atoms with van der Waals surface area (Å²) in [6.45, 7) is 0. The smallest absolute Gasteiger partial charge is 0.220 e. The van der Waals surface area contributed by atoms with Crippen molar-refractivity contribution in [3.05, 3.63) is 224 Å². The molecule has 0 aromatic heterocycles. The van der Waals surface area contributed by atoms with Crippen LogP contribution in [-0.2, 0) is 0 Å². The minimum Gasteiger partial charge on any atom is -0.222 e. The molecule has 5 nitrogen and oxygen atoms in total. The van der Waals surface area contributed by atoms with Crippen LogP contribution in [0.2, 0.25) is 15.1 Å². The third-order valence-electron chi connectivity index (χ3n) is 8.24. The second kappa shape index (κ2) is 21.1. The molecular formula is C45H32Cl4NO4PS3. The molecule has 0 heterocycles. The molecule has 0 saturated carbocycles. The van der Waals surface area contributed by atoms with Gasteiger partial charge in [0.1, 0.15) is 25.2 Å². The van der Waals surface area contributed by atoms with Gasteiger partial charge in [0.2, 0.25) is 5.44 Å². The van der Waals surface area contributed by atoms with Crippen LogP contribution < -0.4 is 34.5 Å². The molecule has 0 radical (unpaired) electrons. The van der Waals surface area contributed by atoms with Gasteiger partial charge in [0.25, 0.3) is 0 Å². The fourth-order valence-electron chi connectivity index (χ4n) is 5.80. The molecule has 13 heteroatoms. The maximum atomic E-state index is 8.49. The molecule has 0 unspecified atom stereocenters. The van der Waals surface area contributed by atoms with Gasteiger partial charge < -0.3 is 0 Å². The number of rotatable bonds is 11. The molecule has 0 saturated heterocycles. The van der Waals surface area contributed by atoms with Crippen LogP contribution in [0.1, 0.15) is 5.56 Å². The van der Waals surface area contributed by atoms with Crippen molar-refractivity contribution in [3.63, 3.8) is 0 Å². The van der Waals surface area contributed by atoms with Crippen LogP contribution in [-0.4, -0.2) is 5.04 Å². The van der Waals surface area contributed by atoms with Crippen LogP contribution in [0.4, 0.5) is 0 Å². The highest BCUT2D eigenvalue weighted by Gasteiger charge is 2.52. The van der Waals surface area contributed by atoms with Crippen molar-refractivity contribution in [3.8, 4) is 0 Å². The highest BCUT2D eigenvalue weighted by Crippen LogP contribution is 2.67. The Kier molecular flexibility index (Phi) is 16.0. The maximum absolute atomic E-state index is 8.49. The molecule has 7 rings (SSSR count). The fraction of sp³-hybridized carbons (Fsp3) is 0. The standard InChI is InChI=1S/C45H32Cl3NPS3.ClHO4/c46-34-21-27-40(28-22-34)51-44(33-13-5-1-6-14-33)49-43(45(52-41-29-23-35(47)24-30-41)53-42-31-25-36(48)26-32-42)50(37-15-7-2-8-16-37,38-17-9-3-10-18-38)39-19-11-4-12-20-39;2-1(3,4)5/h1-32H;(H,2,3,4,5)/q+1;/p-1. The molecule has 7 aromatic carbocycles. The van der Waals surface area contributed by atoms with Crippen molar-refractivity contribution in [2.45, 2.75) is 14.7 Å². The normalized spacial score (nSPS) is 11.7. The number of nitrogens with zero attached hydrogens (tertiary/aromatic N) is 1. The van der Waals surface area contributed by atoms with E-state index in [4.69, 9.17) is 58.4 Å². The summed E-state index contributed by atoms with van der Waals surface area (Å²) in [5.74, 6) is 0. The topological polar surface area (TPSA) is 105 Å². The summed E-state index contributed by atoms with van der Waals surface area (Å²) in [6, 6.07) is 67.1. The van der Waals surface area contributed by atoms with Crippen LogP contribution in [0.5, 0.6) is 0 Å². The van der Waals surface area contributed by atoms with Gasteiger partial charge in [0.15, 0.2) is 7.26 Å². The van der Waals surface area contributed by atoms with Gasteiger partial charge in [-0.25, -0.2) is 23.6 Å². The number of thioether (sulfide) groups is 3. The van der Waals surface area contributed by atoms with Crippen LogP contribution >= 0.6 is 77.4 Å². The van der Waals surface area contributed by atoms with Crippen LogP contribution in [0.25, 0.3) is 0 Å². The van der Waals surface area contributed by atoms with Gasteiger partial charge in [-0.3, -0.25) is 0 Å². The Morgan fingerprint density at radius 1 is 0.414 bits per heavy atom. The van der Waals surface area contributed by atoms with E-state index in [1.54, 1.807) is 35.3 Å². The average molecular weight is 920 g/mol. The van der Waals surface area contributed by atoms with Crippen molar-refractivity contribution in [2.75, 3.05) is 0 Å². The predicted octanol–water partition coefficient (Wildman–Crippen LogP) is 9.13. The molecule has 7 aromatic rings. The van der Waals surface area contributed by atoms with Gasteiger partial charge in [-0.15, -0.1) is 10.2 Å². The Balaban J connectivity index is 0.00000107. The van der Waals surface area contributed by atoms with Gasteiger partial charge in [-0.05, 0) is 109 Å². The molecule has 58 heavy (non-hydrogen) atoms. The number of halogens is 4. The minimum absolute atomic E-state index is 0.689.